The predicted molar refractivity (Wildman–Crippen MR) is 80.6 cm³/mol. The van der Waals surface area contributed by atoms with Crippen LogP contribution in [-0.4, -0.2) is 29.0 Å². The van der Waals surface area contributed by atoms with Crippen LogP contribution in [0.25, 0.3) is 0 Å². The Morgan fingerprint density at radius 2 is 1.55 bits per heavy atom. The van der Waals surface area contributed by atoms with Crippen LogP contribution in [0.5, 0.6) is 11.8 Å². The molecule has 0 atom stereocenters. The van der Waals surface area contributed by atoms with Crippen LogP contribution < -0.4 is 9.26 Å². The van der Waals surface area contributed by atoms with E-state index in [0.717, 1.165) is 0 Å². The Labute approximate surface area is 125 Å². The second-order valence-electron chi connectivity index (χ2n) is 4.80. The van der Waals surface area contributed by atoms with Gasteiger partial charge in [-0.2, -0.15) is 0 Å². The van der Waals surface area contributed by atoms with Gasteiger partial charge in [-0.1, -0.05) is 0 Å². The largest absolute Gasteiger partial charge is 0.471 e. The maximum absolute atomic E-state index is 5.57. The van der Waals surface area contributed by atoms with E-state index in [-0.39, 0.29) is 11.5 Å². The van der Waals surface area contributed by atoms with Gasteiger partial charge in [-0.15, -0.1) is 10.2 Å². The number of nitrogens with zero attached hydrogens (tertiary/aromatic N) is 2. The number of hydrogen-bond acceptors (Lipinski definition) is 7. The summed E-state index contributed by atoms with van der Waals surface area (Å²) in [4.78, 5) is 0. The topological polar surface area (TPSA) is 62.7 Å². The zero-order valence-electron chi connectivity index (χ0n) is 12.5. The van der Waals surface area contributed by atoms with Gasteiger partial charge in [-0.3, -0.25) is 9.05 Å². The van der Waals surface area contributed by atoms with E-state index < -0.39 is 6.72 Å². The van der Waals surface area contributed by atoms with Crippen LogP contribution in [0.1, 0.15) is 34.6 Å². The molecule has 1 aromatic rings. The Bertz CT molecular complexity index is 452. The van der Waals surface area contributed by atoms with E-state index in [1.807, 2.05) is 34.6 Å². The maximum atomic E-state index is 5.57. The van der Waals surface area contributed by atoms with E-state index in [1.54, 1.807) is 12.1 Å². The van der Waals surface area contributed by atoms with E-state index in [2.05, 4.69) is 10.2 Å². The molecule has 0 unspecified atom stereocenters. The first kappa shape index (κ1) is 17.3. The van der Waals surface area contributed by atoms with Gasteiger partial charge in [0.15, 0.2) is 0 Å². The fraction of sp³-hybridized carbons (Fsp3) is 0.667. The Balaban J connectivity index is 2.75. The third-order valence-electron chi connectivity index (χ3n) is 1.81. The van der Waals surface area contributed by atoms with Crippen LogP contribution in [0.15, 0.2) is 12.1 Å². The molecule has 0 saturated carbocycles. The SMILES string of the molecule is CCOP(=S)(OCC)Oc1ccc(OC(C)(C)C)nn1. The average Bonchev–Trinajstić information content (AvgIpc) is 2.30. The summed E-state index contributed by atoms with van der Waals surface area (Å²) in [7, 11) is 0. The quantitative estimate of drug-likeness (QED) is 0.714. The Hall–Kier alpha value is -0.750. The lowest BCUT2D eigenvalue weighted by molar-refractivity contribution is 0.122. The van der Waals surface area contributed by atoms with Gasteiger partial charge >= 0.3 is 6.72 Å². The zero-order chi connectivity index (χ0) is 15.2. The van der Waals surface area contributed by atoms with Crippen LogP contribution in [0.2, 0.25) is 0 Å². The van der Waals surface area contributed by atoms with Crippen molar-refractivity contribution in [1.82, 2.24) is 10.2 Å². The van der Waals surface area contributed by atoms with Gasteiger partial charge in [0.05, 0.1) is 13.2 Å². The molecule has 0 aliphatic carbocycles. The summed E-state index contributed by atoms with van der Waals surface area (Å²) in [6.45, 7) is 7.48. The summed E-state index contributed by atoms with van der Waals surface area (Å²) in [6.07, 6.45) is 0. The van der Waals surface area contributed by atoms with Crippen LogP contribution in [0.4, 0.5) is 0 Å². The van der Waals surface area contributed by atoms with Crippen LogP contribution in [0.3, 0.4) is 0 Å². The Morgan fingerprint density at radius 1 is 1.05 bits per heavy atom. The number of hydrogen-bond donors (Lipinski definition) is 0. The highest BCUT2D eigenvalue weighted by Crippen LogP contribution is 2.49. The highest BCUT2D eigenvalue weighted by atomic mass is 32.5. The Morgan fingerprint density at radius 3 is 1.95 bits per heavy atom. The molecule has 0 radical (unpaired) electrons. The third-order valence-corrected chi connectivity index (χ3v) is 4.22. The second kappa shape index (κ2) is 7.31. The van der Waals surface area contributed by atoms with Crippen molar-refractivity contribution in [1.29, 1.82) is 0 Å². The summed E-state index contributed by atoms with van der Waals surface area (Å²) < 4.78 is 21.8. The third kappa shape index (κ3) is 6.13. The van der Waals surface area contributed by atoms with Gasteiger partial charge in [-0.05, 0) is 34.6 Å². The fourth-order valence-corrected chi connectivity index (χ4v) is 3.25. The van der Waals surface area contributed by atoms with Gasteiger partial charge in [-0.25, -0.2) is 0 Å². The minimum Gasteiger partial charge on any atom is -0.471 e. The van der Waals surface area contributed by atoms with E-state index in [1.165, 1.54) is 0 Å². The van der Waals surface area contributed by atoms with Crippen molar-refractivity contribution in [3.8, 4) is 11.8 Å². The lowest BCUT2D eigenvalue weighted by Crippen LogP contribution is -2.23. The molecule has 0 saturated heterocycles. The number of aromatic nitrogens is 2. The molecule has 0 bridgehead atoms. The first-order chi connectivity index (χ1) is 9.28. The normalized spacial score (nSPS) is 12.2. The molecule has 1 heterocycles. The van der Waals surface area contributed by atoms with Crippen molar-refractivity contribution in [2.45, 2.75) is 40.2 Å². The fourth-order valence-electron chi connectivity index (χ4n) is 1.25. The molecule has 20 heavy (non-hydrogen) atoms. The molecule has 0 N–H and O–H groups in total. The standard InChI is InChI=1S/C12H21N2O4PS/c1-6-15-19(20,16-7-2)18-11-9-8-10(13-14-11)17-12(3,4)5/h8-9H,6-7H2,1-5H3. The lowest BCUT2D eigenvalue weighted by Gasteiger charge is -2.21. The molecule has 0 amide bonds. The van der Waals surface area contributed by atoms with Crippen molar-refractivity contribution < 1.29 is 18.3 Å². The molecule has 0 aliphatic rings. The van der Waals surface area contributed by atoms with E-state index in [4.69, 9.17) is 30.1 Å². The van der Waals surface area contributed by atoms with Gasteiger partial charge < -0.3 is 9.26 Å². The number of ether oxygens (including phenoxy) is 1. The van der Waals surface area contributed by atoms with Crippen LogP contribution in [-0.2, 0) is 20.9 Å². The Kier molecular flexibility index (Phi) is 6.33. The van der Waals surface area contributed by atoms with Crippen LogP contribution >= 0.6 is 6.72 Å². The molecular formula is C12H21N2O4PS. The van der Waals surface area contributed by atoms with E-state index in [0.29, 0.717) is 19.1 Å². The molecule has 0 spiro atoms. The van der Waals surface area contributed by atoms with Crippen molar-refractivity contribution in [2.75, 3.05) is 13.2 Å². The molecule has 1 aromatic heterocycles. The smallest absolute Gasteiger partial charge is 0.381 e. The lowest BCUT2D eigenvalue weighted by atomic mass is 10.2. The monoisotopic (exact) mass is 320 g/mol. The first-order valence-corrected chi connectivity index (χ1v) is 8.95. The summed E-state index contributed by atoms with van der Waals surface area (Å²) >= 11 is 5.25. The van der Waals surface area contributed by atoms with E-state index in [9.17, 15) is 0 Å². The average molecular weight is 320 g/mol. The summed E-state index contributed by atoms with van der Waals surface area (Å²) in [5.41, 5.74) is -0.331. The predicted octanol–water partition coefficient (Wildman–Crippen LogP) is 3.33. The molecule has 1 rings (SSSR count). The highest BCUT2D eigenvalue weighted by Gasteiger charge is 2.22. The molecule has 0 aliphatic heterocycles. The summed E-state index contributed by atoms with van der Waals surface area (Å²) in [5, 5.41) is 7.85. The molecule has 6 nitrogen and oxygen atoms in total. The molecule has 114 valence electrons. The second-order valence-corrected chi connectivity index (χ2v) is 7.73. The molecular weight excluding hydrogens is 299 g/mol. The van der Waals surface area contributed by atoms with Crippen molar-refractivity contribution in [3.63, 3.8) is 0 Å². The minimum atomic E-state index is -2.81. The highest BCUT2D eigenvalue weighted by molar-refractivity contribution is 8.07. The van der Waals surface area contributed by atoms with E-state index >= 15 is 0 Å². The summed E-state index contributed by atoms with van der Waals surface area (Å²) in [5.74, 6) is 0.683. The molecule has 0 fully saturated rings. The molecule has 0 aromatic carbocycles. The maximum Gasteiger partial charge on any atom is 0.381 e. The van der Waals surface area contributed by atoms with Gasteiger partial charge in [0.25, 0.3) is 0 Å². The van der Waals surface area contributed by atoms with Crippen molar-refractivity contribution in [3.05, 3.63) is 12.1 Å². The number of rotatable bonds is 7. The minimum absolute atomic E-state index is 0.261. The zero-order valence-corrected chi connectivity index (χ0v) is 14.2. The first-order valence-electron chi connectivity index (χ1n) is 6.39. The van der Waals surface area contributed by atoms with Crippen molar-refractivity contribution in [2.24, 2.45) is 0 Å². The summed E-state index contributed by atoms with van der Waals surface area (Å²) in [6, 6.07) is 3.30. The van der Waals surface area contributed by atoms with Crippen molar-refractivity contribution >= 4 is 18.5 Å². The van der Waals surface area contributed by atoms with Gasteiger partial charge in [0, 0.05) is 23.9 Å². The van der Waals surface area contributed by atoms with Gasteiger partial charge in [0.1, 0.15) is 5.60 Å². The van der Waals surface area contributed by atoms with Crippen LogP contribution in [0, 0.1) is 0 Å². The molecule has 8 heteroatoms. The van der Waals surface area contributed by atoms with Gasteiger partial charge in [0.2, 0.25) is 11.8 Å².